The van der Waals surface area contributed by atoms with Gasteiger partial charge >= 0.3 is 0 Å². The molecule has 226 valence electrons. The molecule has 42 heavy (non-hydrogen) atoms. The minimum atomic E-state index is -4.27. The fraction of sp³-hybridized carbons (Fsp3) is 0.355. The third kappa shape index (κ3) is 7.95. The zero-order valence-electron chi connectivity index (χ0n) is 24.8. The number of nitrogens with zero attached hydrogens (tertiary/aromatic N) is 2. The molecule has 2 atom stereocenters. The number of hydrogen-bond acceptors (Lipinski definition) is 6. The van der Waals surface area contributed by atoms with E-state index in [0.717, 1.165) is 15.4 Å². The zero-order valence-corrected chi connectivity index (χ0v) is 26.3. The molecule has 0 aliphatic rings. The van der Waals surface area contributed by atoms with Crippen LogP contribution in [0, 0.1) is 6.92 Å². The van der Waals surface area contributed by atoms with Gasteiger partial charge in [0.1, 0.15) is 24.1 Å². The van der Waals surface area contributed by atoms with E-state index in [4.69, 9.17) is 21.1 Å². The molecular weight excluding hydrogens is 578 g/mol. The molecule has 0 saturated heterocycles. The Labute approximate surface area is 253 Å². The molecule has 9 nitrogen and oxygen atoms in total. The summed E-state index contributed by atoms with van der Waals surface area (Å²) in [5.41, 5.74) is 1.72. The fourth-order valence-electron chi connectivity index (χ4n) is 4.18. The lowest BCUT2D eigenvalue weighted by molar-refractivity contribution is -0.139. The molecular formula is C31H38ClN3O6S. The van der Waals surface area contributed by atoms with Gasteiger partial charge in [-0.25, -0.2) is 8.42 Å². The number of amides is 2. The lowest BCUT2D eigenvalue weighted by Crippen LogP contribution is -2.52. The van der Waals surface area contributed by atoms with E-state index in [0.29, 0.717) is 17.2 Å². The molecule has 3 aromatic rings. The van der Waals surface area contributed by atoms with Gasteiger partial charge in [0.15, 0.2) is 0 Å². The first-order valence-electron chi connectivity index (χ1n) is 13.6. The molecule has 11 heteroatoms. The van der Waals surface area contributed by atoms with Crippen LogP contribution >= 0.6 is 11.6 Å². The van der Waals surface area contributed by atoms with E-state index in [1.54, 1.807) is 55.5 Å². The molecule has 0 aliphatic heterocycles. The number of carbonyl (C=O) groups is 2. The smallest absolute Gasteiger partial charge is 0.264 e. The van der Waals surface area contributed by atoms with Crippen molar-refractivity contribution < 1.29 is 27.5 Å². The van der Waals surface area contributed by atoms with Crippen LogP contribution in [0.15, 0.2) is 71.6 Å². The highest BCUT2D eigenvalue weighted by atomic mass is 35.5. The first-order chi connectivity index (χ1) is 19.9. The molecule has 0 bridgehead atoms. The van der Waals surface area contributed by atoms with Crippen LogP contribution in [0.5, 0.6) is 11.5 Å². The largest absolute Gasteiger partial charge is 0.497 e. The number of sulfonamides is 1. The van der Waals surface area contributed by atoms with E-state index < -0.39 is 28.5 Å². The van der Waals surface area contributed by atoms with Crippen LogP contribution in [0.4, 0.5) is 5.69 Å². The van der Waals surface area contributed by atoms with Crippen molar-refractivity contribution in [3.05, 3.63) is 82.9 Å². The monoisotopic (exact) mass is 615 g/mol. The van der Waals surface area contributed by atoms with Crippen molar-refractivity contribution in [3.63, 3.8) is 0 Å². The molecule has 0 aromatic heterocycles. The summed E-state index contributed by atoms with van der Waals surface area (Å²) in [6, 6.07) is 16.9. The fourth-order valence-corrected chi connectivity index (χ4v) is 5.72. The highest BCUT2D eigenvalue weighted by Crippen LogP contribution is 2.36. The minimum absolute atomic E-state index is 0.00223. The van der Waals surface area contributed by atoms with Crippen molar-refractivity contribution in [1.29, 1.82) is 0 Å². The van der Waals surface area contributed by atoms with Crippen LogP contribution in [-0.4, -0.2) is 58.0 Å². The van der Waals surface area contributed by atoms with E-state index in [2.05, 4.69) is 5.32 Å². The summed E-state index contributed by atoms with van der Waals surface area (Å²) >= 11 is 6.06. The predicted octanol–water partition coefficient (Wildman–Crippen LogP) is 5.19. The molecule has 0 unspecified atom stereocenters. The highest BCUT2D eigenvalue weighted by molar-refractivity contribution is 7.92. The molecule has 0 radical (unpaired) electrons. The van der Waals surface area contributed by atoms with Gasteiger partial charge in [-0.15, -0.1) is 0 Å². The van der Waals surface area contributed by atoms with Crippen molar-refractivity contribution >= 4 is 39.1 Å². The first kappa shape index (κ1) is 32.8. The van der Waals surface area contributed by atoms with Gasteiger partial charge in [0.2, 0.25) is 11.8 Å². The Hall–Kier alpha value is -3.76. The summed E-state index contributed by atoms with van der Waals surface area (Å²) in [4.78, 5) is 28.7. The lowest BCUT2D eigenvalue weighted by Gasteiger charge is -2.33. The van der Waals surface area contributed by atoms with Crippen LogP contribution in [0.1, 0.15) is 38.3 Å². The number of methoxy groups -OCH3 is 2. The molecule has 3 aromatic carbocycles. The maximum absolute atomic E-state index is 14.1. The third-order valence-corrected chi connectivity index (χ3v) is 9.00. The van der Waals surface area contributed by atoms with E-state index in [1.165, 1.54) is 37.3 Å². The zero-order chi connectivity index (χ0) is 31.0. The summed E-state index contributed by atoms with van der Waals surface area (Å²) in [5.74, 6) is -0.330. The van der Waals surface area contributed by atoms with E-state index in [-0.39, 0.29) is 34.8 Å². The summed E-state index contributed by atoms with van der Waals surface area (Å²) in [5, 5.41) is 3.44. The maximum Gasteiger partial charge on any atom is 0.264 e. The summed E-state index contributed by atoms with van der Waals surface area (Å²) in [6.45, 7) is 6.75. The number of nitrogens with one attached hydrogen (secondary N) is 1. The third-order valence-electron chi connectivity index (χ3n) is 6.98. The van der Waals surface area contributed by atoms with Crippen LogP contribution in [0.2, 0.25) is 5.02 Å². The van der Waals surface area contributed by atoms with Crippen molar-refractivity contribution in [3.8, 4) is 11.5 Å². The van der Waals surface area contributed by atoms with Crippen molar-refractivity contribution in [2.45, 2.75) is 57.6 Å². The predicted molar refractivity (Wildman–Crippen MR) is 165 cm³/mol. The van der Waals surface area contributed by atoms with Crippen molar-refractivity contribution in [1.82, 2.24) is 10.2 Å². The molecule has 0 spiro atoms. The summed E-state index contributed by atoms with van der Waals surface area (Å²) in [6.07, 6.45) is 0.710. The highest BCUT2D eigenvalue weighted by Gasteiger charge is 2.34. The van der Waals surface area contributed by atoms with Crippen LogP contribution in [-0.2, 0) is 26.2 Å². The van der Waals surface area contributed by atoms with Gasteiger partial charge in [0.25, 0.3) is 10.0 Å². The van der Waals surface area contributed by atoms with Gasteiger partial charge in [-0.2, -0.15) is 0 Å². The molecule has 0 heterocycles. The number of benzene rings is 3. The van der Waals surface area contributed by atoms with Crippen molar-refractivity contribution in [2.75, 3.05) is 25.1 Å². The average molecular weight is 616 g/mol. The van der Waals surface area contributed by atoms with Gasteiger partial charge < -0.3 is 19.7 Å². The molecule has 1 N–H and O–H groups in total. The Morgan fingerprint density at radius 3 is 2.17 bits per heavy atom. The number of halogens is 1. The minimum Gasteiger partial charge on any atom is -0.497 e. The van der Waals surface area contributed by atoms with Crippen LogP contribution in [0.3, 0.4) is 0 Å². The van der Waals surface area contributed by atoms with E-state index in [1.807, 2.05) is 20.8 Å². The quantitative estimate of drug-likeness (QED) is 0.284. The Kier molecular flexibility index (Phi) is 11.2. The van der Waals surface area contributed by atoms with Gasteiger partial charge in [0.05, 0.1) is 24.8 Å². The van der Waals surface area contributed by atoms with Gasteiger partial charge in [0, 0.05) is 23.7 Å². The van der Waals surface area contributed by atoms with Gasteiger partial charge in [-0.05, 0) is 69.2 Å². The topological polar surface area (TPSA) is 105 Å². The van der Waals surface area contributed by atoms with Crippen LogP contribution < -0.4 is 19.1 Å². The standard InChI is InChI=1S/C31H38ClN3O6S/c1-7-22(3)33-31(37)23(4)34(19-24-10-12-25(32)13-11-24)30(36)20-35(28-18-26(40-5)14-17-29(28)41-6)42(38,39)27-15-8-21(2)9-16-27/h8-18,22-23H,7,19-20H2,1-6H3,(H,33,37)/t22-,23-/m1/s1. The Morgan fingerprint density at radius 2 is 1.60 bits per heavy atom. The number of anilines is 1. The van der Waals surface area contributed by atoms with Crippen LogP contribution in [0.25, 0.3) is 0 Å². The number of ether oxygens (including phenoxy) is 2. The Morgan fingerprint density at radius 1 is 0.952 bits per heavy atom. The van der Waals surface area contributed by atoms with Gasteiger partial charge in [-0.1, -0.05) is 48.4 Å². The Bertz CT molecular complexity index is 1480. The normalized spacial score (nSPS) is 12.6. The molecule has 0 aliphatic carbocycles. The average Bonchev–Trinajstić information content (AvgIpc) is 2.98. The Balaban J connectivity index is 2.11. The van der Waals surface area contributed by atoms with E-state index >= 15 is 0 Å². The summed E-state index contributed by atoms with van der Waals surface area (Å²) in [7, 11) is -1.40. The second-order valence-corrected chi connectivity index (χ2v) is 12.3. The first-order valence-corrected chi connectivity index (χ1v) is 15.4. The van der Waals surface area contributed by atoms with E-state index in [9.17, 15) is 18.0 Å². The molecule has 3 rings (SSSR count). The molecule has 0 saturated carbocycles. The summed E-state index contributed by atoms with van der Waals surface area (Å²) < 4.78 is 40.1. The maximum atomic E-state index is 14.1. The number of carbonyl (C=O) groups excluding carboxylic acids is 2. The molecule has 2 amide bonds. The molecule has 0 fully saturated rings. The lowest BCUT2D eigenvalue weighted by atomic mass is 10.1. The second-order valence-electron chi connectivity index (χ2n) is 10.0. The number of hydrogen-bond donors (Lipinski definition) is 1. The number of rotatable bonds is 13. The van der Waals surface area contributed by atoms with Crippen molar-refractivity contribution in [2.24, 2.45) is 0 Å². The SMILES string of the molecule is CC[C@@H](C)NC(=O)[C@@H](C)N(Cc1ccc(Cl)cc1)C(=O)CN(c1cc(OC)ccc1OC)S(=O)(=O)c1ccc(C)cc1. The number of aryl methyl sites for hydroxylation is 1. The second kappa shape index (κ2) is 14.4. The van der Waals surface area contributed by atoms with Gasteiger partial charge in [-0.3, -0.25) is 13.9 Å².